The van der Waals surface area contributed by atoms with Gasteiger partial charge in [-0.3, -0.25) is 4.79 Å². The van der Waals surface area contributed by atoms with Crippen molar-refractivity contribution in [2.24, 2.45) is 5.92 Å². The van der Waals surface area contributed by atoms with Gasteiger partial charge >= 0.3 is 0 Å². The summed E-state index contributed by atoms with van der Waals surface area (Å²) in [5, 5.41) is 16.8. The van der Waals surface area contributed by atoms with Crippen molar-refractivity contribution < 1.29 is 4.79 Å². The normalized spacial score (nSPS) is 12.2. The Morgan fingerprint density at radius 3 is 2.89 bits per heavy atom. The van der Waals surface area contributed by atoms with Crippen LogP contribution in [0.3, 0.4) is 0 Å². The molecule has 1 atom stereocenters. The van der Waals surface area contributed by atoms with Crippen LogP contribution in [-0.4, -0.2) is 26.5 Å². The number of aryl methyl sites for hydroxylation is 1. The molecule has 1 unspecified atom stereocenters. The Kier molecular flexibility index (Phi) is 3.89. The summed E-state index contributed by atoms with van der Waals surface area (Å²) in [7, 11) is 0. The van der Waals surface area contributed by atoms with E-state index in [1.54, 1.807) is 0 Å². The standard InChI is InChI=1S/C13H17N5O/c1-4-9(3)13(19)14-11-7-8(2)5-6-10(11)12-15-17-18-16-12/h5-7,9H,4H2,1-3H3,(H,14,19)(H,15,16,17,18). The summed E-state index contributed by atoms with van der Waals surface area (Å²) in [5.41, 5.74) is 2.54. The molecule has 1 aromatic carbocycles. The van der Waals surface area contributed by atoms with Crippen molar-refractivity contribution in [3.8, 4) is 11.4 Å². The summed E-state index contributed by atoms with van der Waals surface area (Å²) < 4.78 is 0. The van der Waals surface area contributed by atoms with Crippen LogP contribution in [0.5, 0.6) is 0 Å². The SMILES string of the molecule is CCC(C)C(=O)Nc1cc(C)ccc1-c1nn[nH]n1. The van der Waals surface area contributed by atoms with Crippen LogP contribution >= 0.6 is 0 Å². The van der Waals surface area contributed by atoms with Crippen LogP contribution in [0.2, 0.25) is 0 Å². The Morgan fingerprint density at radius 2 is 2.26 bits per heavy atom. The van der Waals surface area contributed by atoms with E-state index in [-0.39, 0.29) is 11.8 Å². The summed E-state index contributed by atoms with van der Waals surface area (Å²) in [6.07, 6.45) is 0.801. The van der Waals surface area contributed by atoms with Gasteiger partial charge in [-0.15, -0.1) is 10.2 Å². The summed E-state index contributed by atoms with van der Waals surface area (Å²) in [5.74, 6) is 0.441. The molecule has 6 nitrogen and oxygen atoms in total. The third-order valence-electron chi connectivity index (χ3n) is 3.08. The number of anilines is 1. The number of carbonyl (C=O) groups excluding carboxylic acids is 1. The van der Waals surface area contributed by atoms with Gasteiger partial charge in [0, 0.05) is 11.5 Å². The molecule has 19 heavy (non-hydrogen) atoms. The first-order chi connectivity index (χ1) is 9.11. The van der Waals surface area contributed by atoms with Crippen LogP contribution in [0.1, 0.15) is 25.8 Å². The topological polar surface area (TPSA) is 83.6 Å². The van der Waals surface area contributed by atoms with Crippen molar-refractivity contribution in [1.82, 2.24) is 20.6 Å². The molecule has 1 heterocycles. The van der Waals surface area contributed by atoms with E-state index < -0.39 is 0 Å². The van der Waals surface area contributed by atoms with Crippen molar-refractivity contribution in [3.05, 3.63) is 23.8 Å². The minimum Gasteiger partial charge on any atom is -0.325 e. The predicted octanol–water partition coefficient (Wildman–Crippen LogP) is 2.16. The molecule has 2 rings (SSSR count). The van der Waals surface area contributed by atoms with Crippen LogP contribution < -0.4 is 5.32 Å². The highest BCUT2D eigenvalue weighted by molar-refractivity contribution is 5.96. The van der Waals surface area contributed by atoms with Crippen LogP contribution in [0, 0.1) is 12.8 Å². The van der Waals surface area contributed by atoms with Crippen LogP contribution in [-0.2, 0) is 4.79 Å². The molecule has 0 radical (unpaired) electrons. The molecule has 1 amide bonds. The van der Waals surface area contributed by atoms with Gasteiger partial charge in [-0.1, -0.05) is 19.9 Å². The third kappa shape index (κ3) is 2.96. The highest BCUT2D eigenvalue weighted by atomic mass is 16.1. The first-order valence-electron chi connectivity index (χ1n) is 6.27. The van der Waals surface area contributed by atoms with Crippen LogP contribution in [0.25, 0.3) is 11.4 Å². The molecule has 0 aliphatic heterocycles. The Labute approximate surface area is 111 Å². The second-order valence-electron chi connectivity index (χ2n) is 4.58. The molecular formula is C13H17N5O. The van der Waals surface area contributed by atoms with E-state index in [4.69, 9.17) is 0 Å². The van der Waals surface area contributed by atoms with Crippen molar-refractivity contribution in [2.75, 3.05) is 5.32 Å². The number of hydrogen-bond donors (Lipinski definition) is 2. The van der Waals surface area contributed by atoms with E-state index in [1.807, 2.05) is 39.0 Å². The second kappa shape index (κ2) is 5.60. The molecule has 0 aliphatic carbocycles. The van der Waals surface area contributed by atoms with Gasteiger partial charge in [0.1, 0.15) is 0 Å². The zero-order valence-corrected chi connectivity index (χ0v) is 11.3. The fourth-order valence-corrected chi connectivity index (χ4v) is 1.67. The minimum absolute atomic E-state index is 0.00200. The zero-order valence-electron chi connectivity index (χ0n) is 11.3. The van der Waals surface area contributed by atoms with Crippen molar-refractivity contribution in [3.63, 3.8) is 0 Å². The van der Waals surface area contributed by atoms with Crippen LogP contribution in [0.15, 0.2) is 18.2 Å². The molecule has 0 fully saturated rings. The van der Waals surface area contributed by atoms with Gasteiger partial charge in [0.25, 0.3) is 0 Å². The lowest BCUT2D eigenvalue weighted by atomic mass is 10.1. The molecule has 100 valence electrons. The first-order valence-corrected chi connectivity index (χ1v) is 6.27. The summed E-state index contributed by atoms with van der Waals surface area (Å²) >= 11 is 0. The molecule has 6 heteroatoms. The Morgan fingerprint density at radius 1 is 1.47 bits per heavy atom. The van der Waals surface area contributed by atoms with Gasteiger partial charge in [-0.25, -0.2) is 0 Å². The summed E-state index contributed by atoms with van der Waals surface area (Å²) in [4.78, 5) is 12.0. The number of tetrazole rings is 1. The van der Waals surface area contributed by atoms with Gasteiger partial charge in [0.2, 0.25) is 11.7 Å². The van der Waals surface area contributed by atoms with Gasteiger partial charge in [-0.05, 0) is 36.3 Å². The Hall–Kier alpha value is -2.24. The molecule has 0 bridgehead atoms. The summed E-state index contributed by atoms with van der Waals surface area (Å²) in [6, 6.07) is 5.74. The number of hydrogen-bond acceptors (Lipinski definition) is 4. The molecule has 0 saturated heterocycles. The molecular weight excluding hydrogens is 242 g/mol. The number of nitrogens with zero attached hydrogens (tertiary/aromatic N) is 3. The molecule has 0 aliphatic rings. The number of rotatable bonds is 4. The lowest BCUT2D eigenvalue weighted by molar-refractivity contribution is -0.119. The van der Waals surface area contributed by atoms with E-state index in [0.29, 0.717) is 11.5 Å². The minimum atomic E-state index is -0.0290. The van der Waals surface area contributed by atoms with Crippen molar-refractivity contribution in [2.45, 2.75) is 27.2 Å². The van der Waals surface area contributed by atoms with E-state index >= 15 is 0 Å². The lowest BCUT2D eigenvalue weighted by Gasteiger charge is -2.13. The maximum Gasteiger partial charge on any atom is 0.227 e. The number of carbonyl (C=O) groups is 1. The second-order valence-corrected chi connectivity index (χ2v) is 4.58. The molecule has 2 aromatic rings. The zero-order chi connectivity index (χ0) is 13.8. The van der Waals surface area contributed by atoms with Crippen LogP contribution in [0.4, 0.5) is 5.69 Å². The Balaban J connectivity index is 2.33. The Bertz CT molecular complexity index is 564. The summed E-state index contributed by atoms with van der Waals surface area (Å²) in [6.45, 7) is 5.86. The van der Waals surface area contributed by atoms with E-state index in [1.165, 1.54) is 0 Å². The predicted molar refractivity (Wildman–Crippen MR) is 72.4 cm³/mol. The van der Waals surface area contributed by atoms with E-state index in [9.17, 15) is 4.79 Å². The van der Waals surface area contributed by atoms with Gasteiger partial charge in [-0.2, -0.15) is 5.21 Å². The number of aromatic amines is 1. The number of H-pyrrole nitrogens is 1. The lowest BCUT2D eigenvalue weighted by Crippen LogP contribution is -2.20. The number of amides is 1. The fraction of sp³-hybridized carbons (Fsp3) is 0.385. The van der Waals surface area contributed by atoms with Gasteiger partial charge < -0.3 is 5.32 Å². The van der Waals surface area contributed by atoms with Gasteiger partial charge in [0.15, 0.2) is 0 Å². The highest BCUT2D eigenvalue weighted by Gasteiger charge is 2.15. The monoisotopic (exact) mass is 259 g/mol. The van der Waals surface area contributed by atoms with Crippen molar-refractivity contribution >= 4 is 11.6 Å². The fourth-order valence-electron chi connectivity index (χ4n) is 1.67. The number of aromatic nitrogens is 4. The average Bonchev–Trinajstić information content (AvgIpc) is 2.91. The molecule has 1 aromatic heterocycles. The molecule has 0 saturated carbocycles. The highest BCUT2D eigenvalue weighted by Crippen LogP contribution is 2.26. The number of benzene rings is 1. The maximum atomic E-state index is 12.0. The largest absolute Gasteiger partial charge is 0.325 e. The maximum absolute atomic E-state index is 12.0. The molecule has 2 N–H and O–H groups in total. The third-order valence-corrected chi connectivity index (χ3v) is 3.08. The van der Waals surface area contributed by atoms with Crippen molar-refractivity contribution in [1.29, 1.82) is 0 Å². The number of nitrogens with one attached hydrogen (secondary N) is 2. The van der Waals surface area contributed by atoms with E-state index in [0.717, 1.165) is 17.5 Å². The first kappa shape index (κ1) is 13.2. The smallest absolute Gasteiger partial charge is 0.227 e. The average molecular weight is 259 g/mol. The quantitative estimate of drug-likeness (QED) is 0.881. The van der Waals surface area contributed by atoms with E-state index in [2.05, 4.69) is 25.9 Å². The molecule has 0 spiro atoms. The van der Waals surface area contributed by atoms with Gasteiger partial charge in [0.05, 0.1) is 5.69 Å².